The van der Waals surface area contributed by atoms with Crippen LogP contribution in [0.1, 0.15) is 42.6 Å². The van der Waals surface area contributed by atoms with Gasteiger partial charge in [0.05, 0.1) is 6.04 Å². The van der Waals surface area contributed by atoms with E-state index < -0.39 is 11.9 Å². The molecule has 158 valence electrons. The summed E-state index contributed by atoms with van der Waals surface area (Å²) in [7, 11) is 3.07. The highest BCUT2D eigenvalue weighted by atomic mass is 19.4. The molecule has 0 aliphatic carbocycles. The van der Waals surface area contributed by atoms with Gasteiger partial charge in [-0.25, -0.2) is 0 Å². The van der Waals surface area contributed by atoms with Crippen molar-refractivity contribution in [3.63, 3.8) is 0 Å². The molecule has 9 heteroatoms. The van der Waals surface area contributed by atoms with Gasteiger partial charge in [0.2, 0.25) is 0 Å². The summed E-state index contributed by atoms with van der Waals surface area (Å²) in [5.74, 6) is 0.432. The van der Waals surface area contributed by atoms with Gasteiger partial charge in [0.25, 0.3) is 0 Å². The Morgan fingerprint density at radius 1 is 1.28 bits per heavy atom. The molecule has 0 bridgehead atoms. The molecule has 1 aromatic heterocycles. The fourth-order valence-electron chi connectivity index (χ4n) is 3.53. The van der Waals surface area contributed by atoms with E-state index in [4.69, 9.17) is 0 Å². The first-order chi connectivity index (χ1) is 13.8. The predicted molar refractivity (Wildman–Crippen MR) is 108 cm³/mol. The quantitative estimate of drug-likeness (QED) is 0.588. The molecule has 0 amide bonds. The van der Waals surface area contributed by atoms with Crippen LogP contribution in [0.25, 0.3) is 0 Å². The summed E-state index contributed by atoms with van der Waals surface area (Å²) in [4.78, 5) is 6.51. The van der Waals surface area contributed by atoms with Crippen molar-refractivity contribution >= 4 is 11.6 Å². The maximum atomic E-state index is 13.1. The molecule has 2 heterocycles. The first-order valence-corrected chi connectivity index (χ1v) is 9.69. The number of alkyl halides is 3. The predicted octanol–water partition coefficient (Wildman–Crippen LogP) is 3.47. The van der Waals surface area contributed by atoms with Gasteiger partial charge in [-0.2, -0.15) is 18.3 Å². The average Bonchev–Trinajstić information content (AvgIpc) is 3.34. The molecule has 1 saturated heterocycles. The Morgan fingerprint density at radius 2 is 2.00 bits per heavy atom. The number of aliphatic imine (C=N–C) groups is 1. The van der Waals surface area contributed by atoms with Gasteiger partial charge in [-0.05, 0) is 37.5 Å². The van der Waals surface area contributed by atoms with E-state index in [2.05, 4.69) is 37.8 Å². The molecule has 1 aliphatic rings. The van der Waals surface area contributed by atoms with Crippen molar-refractivity contribution < 1.29 is 13.2 Å². The number of benzene rings is 1. The van der Waals surface area contributed by atoms with Crippen LogP contribution in [0.4, 0.5) is 18.9 Å². The van der Waals surface area contributed by atoms with Crippen molar-refractivity contribution in [3.8, 4) is 0 Å². The van der Waals surface area contributed by atoms with E-state index >= 15 is 0 Å². The van der Waals surface area contributed by atoms with Gasteiger partial charge in [-0.15, -0.1) is 0 Å². The Kier molecular flexibility index (Phi) is 6.34. The highest BCUT2D eigenvalue weighted by molar-refractivity contribution is 5.80. The van der Waals surface area contributed by atoms with Crippen LogP contribution in [0.5, 0.6) is 0 Å². The number of hydrogen-bond donors (Lipinski definition) is 2. The molecule has 1 fully saturated rings. The van der Waals surface area contributed by atoms with Crippen LogP contribution in [-0.2, 0) is 19.8 Å². The largest absolute Gasteiger partial charge is 0.435 e. The Bertz CT molecular complexity index is 852. The van der Waals surface area contributed by atoms with Crippen molar-refractivity contribution in [2.75, 3.05) is 25.0 Å². The molecule has 0 spiro atoms. The summed E-state index contributed by atoms with van der Waals surface area (Å²) in [5, 5.41) is 9.73. The minimum Gasteiger partial charge on any atom is -0.372 e. The van der Waals surface area contributed by atoms with Gasteiger partial charge >= 0.3 is 6.18 Å². The molecule has 0 radical (unpaired) electrons. The lowest BCUT2D eigenvalue weighted by Crippen LogP contribution is -2.38. The van der Waals surface area contributed by atoms with Gasteiger partial charge in [-0.3, -0.25) is 9.67 Å². The Morgan fingerprint density at radius 3 is 2.66 bits per heavy atom. The number of halogens is 3. The number of anilines is 1. The van der Waals surface area contributed by atoms with Crippen molar-refractivity contribution in [1.82, 2.24) is 20.4 Å². The normalized spacial score (nSPS) is 16.2. The lowest BCUT2D eigenvalue weighted by molar-refractivity contribution is -0.142. The number of aryl methyl sites for hydroxylation is 1. The summed E-state index contributed by atoms with van der Waals surface area (Å²) in [6, 6.07) is 8.27. The molecule has 1 unspecified atom stereocenters. The molecule has 1 aliphatic heterocycles. The van der Waals surface area contributed by atoms with Crippen molar-refractivity contribution in [1.29, 1.82) is 0 Å². The highest BCUT2D eigenvalue weighted by Crippen LogP contribution is 2.30. The minimum atomic E-state index is -4.49. The molecular formula is C20H27F3N6. The number of rotatable bonds is 5. The second-order valence-corrected chi connectivity index (χ2v) is 7.26. The smallest absolute Gasteiger partial charge is 0.372 e. The number of aromatic nitrogens is 2. The van der Waals surface area contributed by atoms with E-state index in [1.807, 2.05) is 19.1 Å². The summed E-state index contributed by atoms with van der Waals surface area (Å²) >= 11 is 0. The molecule has 0 saturated carbocycles. The SMILES string of the molecule is CN=C(NCc1cn(C)nc1C(F)(F)F)NC(C)c1cccc(N2CCCC2)c1. The molecule has 1 atom stereocenters. The topological polar surface area (TPSA) is 57.5 Å². The van der Waals surface area contributed by atoms with Gasteiger partial charge < -0.3 is 15.5 Å². The molecule has 2 aromatic rings. The number of hydrogen-bond acceptors (Lipinski definition) is 3. The lowest BCUT2D eigenvalue weighted by atomic mass is 10.1. The van der Waals surface area contributed by atoms with Gasteiger partial charge in [0.1, 0.15) is 0 Å². The molecule has 3 rings (SSSR count). The van der Waals surface area contributed by atoms with Crippen molar-refractivity contribution in [3.05, 3.63) is 47.3 Å². The molecule has 1 aromatic carbocycles. The summed E-state index contributed by atoms with van der Waals surface area (Å²) in [5.41, 5.74) is 1.48. The van der Waals surface area contributed by atoms with Crippen molar-refractivity contribution in [2.45, 2.75) is 38.5 Å². The Labute approximate surface area is 168 Å². The van der Waals surface area contributed by atoms with Crippen molar-refractivity contribution in [2.24, 2.45) is 12.0 Å². The summed E-state index contributed by atoms with van der Waals surface area (Å²) < 4.78 is 40.5. The first-order valence-electron chi connectivity index (χ1n) is 9.69. The maximum absolute atomic E-state index is 13.1. The average molecular weight is 408 g/mol. The Hall–Kier alpha value is -2.71. The third-order valence-electron chi connectivity index (χ3n) is 5.04. The number of guanidine groups is 1. The number of nitrogens with zero attached hydrogens (tertiary/aromatic N) is 4. The van der Waals surface area contributed by atoms with E-state index in [0.717, 1.165) is 18.7 Å². The van der Waals surface area contributed by atoms with Crippen LogP contribution in [0.15, 0.2) is 35.5 Å². The molecule has 6 nitrogen and oxygen atoms in total. The first kappa shape index (κ1) is 21.0. The van der Waals surface area contributed by atoms with Gasteiger partial charge in [-0.1, -0.05) is 12.1 Å². The molecular weight excluding hydrogens is 381 g/mol. The fraction of sp³-hybridized carbons (Fsp3) is 0.500. The second kappa shape index (κ2) is 8.75. The lowest BCUT2D eigenvalue weighted by Gasteiger charge is -2.22. The highest BCUT2D eigenvalue weighted by Gasteiger charge is 2.36. The van der Waals surface area contributed by atoms with Crippen LogP contribution >= 0.6 is 0 Å². The van der Waals surface area contributed by atoms with Crippen LogP contribution in [0, 0.1) is 0 Å². The maximum Gasteiger partial charge on any atom is 0.435 e. The van der Waals surface area contributed by atoms with Gasteiger partial charge in [0, 0.05) is 51.2 Å². The van der Waals surface area contributed by atoms with Crippen LogP contribution in [0.3, 0.4) is 0 Å². The summed E-state index contributed by atoms with van der Waals surface area (Å²) in [6.45, 7) is 4.12. The van der Waals surface area contributed by atoms with Crippen LogP contribution in [0.2, 0.25) is 0 Å². The standard InChI is InChI=1S/C20H27F3N6/c1-14(15-7-6-8-17(11-15)29-9-4-5-10-29)26-19(24-2)25-12-16-13-28(3)27-18(16)20(21,22)23/h6-8,11,13-14H,4-5,9-10,12H2,1-3H3,(H2,24,25,26). The molecule has 29 heavy (non-hydrogen) atoms. The van der Waals surface area contributed by atoms with E-state index in [1.165, 1.54) is 36.5 Å². The number of nitrogens with one attached hydrogen (secondary N) is 2. The minimum absolute atomic E-state index is 0.0249. The van der Waals surface area contributed by atoms with Crippen LogP contribution < -0.4 is 15.5 Å². The zero-order chi connectivity index (χ0) is 21.0. The third-order valence-corrected chi connectivity index (χ3v) is 5.04. The van der Waals surface area contributed by atoms with E-state index in [1.54, 1.807) is 7.05 Å². The van der Waals surface area contributed by atoms with E-state index in [9.17, 15) is 13.2 Å². The van der Waals surface area contributed by atoms with Gasteiger partial charge in [0.15, 0.2) is 11.7 Å². The molecule has 2 N–H and O–H groups in total. The third kappa shape index (κ3) is 5.21. The fourth-order valence-corrected chi connectivity index (χ4v) is 3.53. The van der Waals surface area contributed by atoms with E-state index in [0.29, 0.717) is 5.96 Å². The second-order valence-electron chi connectivity index (χ2n) is 7.26. The monoisotopic (exact) mass is 408 g/mol. The van der Waals surface area contributed by atoms with Crippen LogP contribution in [-0.4, -0.2) is 35.9 Å². The summed E-state index contributed by atoms with van der Waals surface area (Å²) in [6.07, 6.45) is -0.698. The zero-order valence-electron chi connectivity index (χ0n) is 16.9. The van der Waals surface area contributed by atoms with E-state index in [-0.39, 0.29) is 18.2 Å². The Balaban J connectivity index is 1.64. The zero-order valence-corrected chi connectivity index (χ0v) is 16.9.